The van der Waals surface area contributed by atoms with E-state index in [0.29, 0.717) is 0 Å². The molecule has 3 fully saturated rings. The number of likely N-dealkylation sites (tertiary alicyclic amines) is 2. The van der Waals surface area contributed by atoms with Gasteiger partial charge in [-0.15, -0.1) is 23.2 Å². The van der Waals surface area contributed by atoms with E-state index < -0.39 is 153 Å². The lowest BCUT2D eigenvalue weighted by Crippen LogP contribution is -2.78. The second-order valence-corrected chi connectivity index (χ2v) is 11.5. The number of hydrogen-bond donors (Lipinski definition) is 0. The molecule has 6 amide bonds. The molecule has 3 heterocycles. The van der Waals surface area contributed by atoms with Gasteiger partial charge in [0.15, 0.2) is 0 Å². The summed E-state index contributed by atoms with van der Waals surface area (Å²) >= 11 is 11.6. The number of carbonyl (C=O) groups is 6. The highest BCUT2D eigenvalue weighted by Crippen LogP contribution is 2.39. The van der Waals surface area contributed by atoms with Crippen LogP contribution >= 0.6 is 23.2 Å². The minimum atomic E-state index is -6.22. The van der Waals surface area contributed by atoms with Crippen LogP contribution in [-0.2, 0) is 28.8 Å². The van der Waals surface area contributed by atoms with Crippen LogP contribution in [0, 0.1) is 0 Å². The molecule has 0 aliphatic carbocycles. The third kappa shape index (κ3) is 7.25. The lowest BCUT2D eigenvalue weighted by atomic mass is 9.86. The maximum Gasteiger partial charge on any atom is 0.471 e. The van der Waals surface area contributed by atoms with Crippen molar-refractivity contribution < 1.29 is 81.5 Å². The van der Waals surface area contributed by atoms with Crippen LogP contribution in [0.25, 0.3) is 0 Å². The van der Waals surface area contributed by atoms with Crippen molar-refractivity contribution in [3.8, 4) is 0 Å². The molecule has 3 aliphatic heterocycles. The number of halogens is 14. The maximum absolute atomic E-state index is 13.8. The first-order valence-corrected chi connectivity index (χ1v) is 13.5. The summed E-state index contributed by atoms with van der Waals surface area (Å²) < 4.78 is 163. The lowest BCUT2D eigenvalue weighted by molar-refractivity contribution is -0.212. The zero-order valence-corrected chi connectivity index (χ0v) is 23.7. The Bertz CT molecular complexity index is 1190. The van der Waals surface area contributed by atoms with E-state index in [1.165, 1.54) is 0 Å². The van der Waals surface area contributed by atoms with Gasteiger partial charge in [0.05, 0.1) is 22.8 Å². The summed E-state index contributed by atoms with van der Waals surface area (Å²) in [7, 11) is 0. The van der Waals surface area contributed by atoms with Crippen molar-refractivity contribution in [1.82, 2.24) is 19.6 Å². The molecule has 3 rings (SSSR count). The molecule has 6 atom stereocenters. The zero-order chi connectivity index (χ0) is 35.5. The summed E-state index contributed by atoms with van der Waals surface area (Å²) in [5.41, 5.74) is 0. The van der Waals surface area contributed by atoms with Gasteiger partial charge in [-0.25, -0.2) is 0 Å². The average Bonchev–Trinajstić information content (AvgIpc) is 2.90. The minimum Gasteiger partial charge on any atom is -0.328 e. The number of nitrogens with zero attached hydrogens (tertiary/aromatic N) is 4. The van der Waals surface area contributed by atoms with Crippen LogP contribution in [-0.4, -0.2) is 128 Å². The molecule has 0 radical (unpaired) electrons. The van der Waals surface area contributed by atoms with Gasteiger partial charge < -0.3 is 9.80 Å². The molecule has 24 heteroatoms. The Morgan fingerprint density at radius 3 is 1.00 bits per heavy atom. The highest BCUT2D eigenvalue weighted by molar-refractivity contribution is 6.21. The summed E-state index contributed by atoms with van der Waals surface area (Å²) in [6.45, 7) is -2.44. The van der Waals surface area contributed by atoms with Gasteiger partial charge in [-0.2, -0.15) is 52.7 Å². The summed E-state index contributed by atoms with van der Waals surface area (Å²) in [4.78, 5) is 73.8. The molecule has 0 N–H and O–H groups in total. The second-order valence-electron chi connectivity index (χ2n) is 10.3. The Morgan fingerprint density at radius 2 is 0.761 bits per heavy atom. The van der Waals surface area contributed by atoms with Gasteiger partial charge in [0.25, 0.3) is 11.8 Å². The normalized spacial score (nSPS) is 28.8. The van der Waals surface area contributed by atoms with E-state index in [1.807, 2.05) is 0 Å². The predicted molar refractivity (Wildman–Crippen MR) is 124 cm³/mol. The summed E-state index contributed by atoms with van der Waals surface area (Å²) in [6, 6.07) is -12.1. The Labute approximate surface area is 258 Å². The fourth-order valence-electron chi connectivity index (χ4n) is 5.52. The molecular formula is C22H18Cl2F12N4O6. The molecule has 3 aliphatic rings. The van der Waals surface area contributed by atoms with Crippen molar-refractivity contribution >= 4 is 58.6 Å². The van der Waals surface area contributed by atoms with Crippen molar-refractivity contribution in [1.29, 1.82) is 0 Å². The third-order valence-electron chi connectivity index (χ3n) is 7.34. The van der Waals surface area contributed by atoms with Crippen molar-refractivity contribution in [2.45, 2.75) is 85.3 Å². The van der Waals surface area contributed by atoms with Crippen LogP contribution in [0.15, 0.2) is 0 Å². The van der Waals surface area contributed by atoms with Gasteiger partial charge in [0.1, 0.15) is 12.1 Å². The molecule has 0 bridgehead atoms. The molecule has 0 aromatic carbocycles. The molecular weight excluding hydrogens is 715 g/mol. The van der Waals surface area contributed by atoms with Gasteiger partial charge in [0, 0.05) is 13.1 Å². The smallest absolute Gasteiger partial charge is 0.328 e. The van der Waals surface area contributed by atoms with Gasteiger partial charge in [-0.1, -0.05) is 0 Å². The number of rotatable bonds is 2. The Morgan fingerprint density at radius 1 is 0.500 bits per heavy atom. The first-order valence-electron chi connectivity index (χ1n) is 12.6. The predicted octanol–water partition coefficient (Wildman–Crippen LogP) is 2.89. The van der Waals surface area contributed by atoms with Crippen LogP contribution in [0.4, 0.5) is 52.7 Å². The number of imide groups is 2. The molecule has 0 spiro atoms. The summed E-state index contributed by atoms with van der Waals surface area (Å²) in [5, 5.41) is -2.78. The van der Waals surface area contributed by atoms with Crippen molar-refractivity contribution in [3.05, 3.63) is 0 Å². The monoisotopic (exact) mass is 732 g/mol. The minimum absolute atomic E-state index is 0.400. The van der Waals surface area contributed by atoms with E-state index in [-0.39, 0.29) is 0 Å². The standard InChI is InChI=1S/C22H18Cl2F12N4O6/c23-7-1-3-9(37(5-7)15(43)19(25,26)27)11-13(41)40(18(46)22(34,35)36)12(14(42)39(11)17(45)21(31,32)33)10-4-2-8(24)6-38(10)16(44)20(28,29)30/h7-12H,1-6H2. The molecule has 0 aromatic rings. The first-order chi connectivity index (χ1) is 20.7. The molecule has 0 aromatic heterocycles. The highest BCUT2D eigenvalue weighted by atomic mass is 35.5. The van der Waals surface area contributed by atoms with E-state index >= 15 is 0 Å². The number of alkyl halides is 14. The zero-order valence-electron chi connectivity index (χ0n) is 22.2. The van der Waals surface area contributed by atoms with E-state index in [4.69, 9.17) is 23.2 Å². The lowest BCUT2D eigenvalue weighted by Gasteiger charge is -2.52. The number of piperidine rings is 2. The van der Waals surface area contributed by atoms with E-state index in [2.05, 4.69) is 0 Å². The van der Waals surface area contributed by atoms with E-state index in [0.717, 1.165) is 0 Å². The second kappa shape index (κ2) is 12.5. The van der Waals surface area contributed by atoms with Crippen LogP contribution in [0.1, 0.15) is 25.7 Å². The fraction of sp³-hybridized carbons (Fsp3) is 0.727. The topological polar surface area (TPSA) is 115 Å². The quantitative estimate of drug-likeness (QED) is 0.319. The molecule has 46 heavy (non-hydrogen) atoms. The molecule has 260 valence electrons. The highest BCUT2D eigenvalue weighted by Gasteiger charge is 2.65. The molecule has 10 nitrogen and oxygen atoms in total. The van der Waals surface area contributed by atoms with Crippen molar-refractivity contribution in [3.63, 3.8) is 0 Å². The van der Waals surface area contributed by atoms with Gasteiger partial charge in [-0.3, -0.25) is 38.6 Å². The summed E-state index contributed by atoms with van der Waals surface area (Å²) in [6.07, 6.45) is -27.3. The number of carbonyl (C=O) groups excluding carboxylic acids is 6. The Hall–Kier alpha value is -3.04. The Balaban J connectivity index is 2.32. The van der Waals surface area contributed by atoms with Crippen LogP contribution in [0.3, 0.4) is 0 Å². The average molecular weight is 733 g/mol. The number of amides is 6. The van der Waals surface area contributed by atoms with Gasteiger partial charge in [-0.05, 0) is 25.7 Å². The molecule has 6 unspecified atom stereocenters. The summed E-state index contributed by atoms with van der Waals surface area (Å²) in [5.74, 6) is -17.8. The first kappa shape index (κ1) is 37.4. The van der Waals surface area contributed by atoms with E-state index in [1.54, 1.807) is 0 Å². The van der Waals surface area contributed by atoms with Crippen LogP contribution in [0.2, 0.25) is 0 Å². The number of hydrogen-bond acceptors (Lipinski definition) is 6. The van der Waals surface area contributed by atoms with Crippen molar-refractivity contribution in [2.75, 3.05) is 13.1 Å². The van der Waals surface area contributed by atoms with Crippen LogP contribution < -0.4 is 0 Å². The SMILES string of the molecule is O=C1C(C2CCC(Cl)CN2C(=O)C(F)(F)F)N(C(=O)C(F)(F)F)C(=O)C(C2CCC(Cl)CN2C(=O)C(F)(F)F)N1C(=O)C(F)(F)F. The van der Waals surface area contributed by atoms with Gasteiger partial charge >= 0.3 is 48.3 Å². The largest absolute Gasteiger partial charge is 0.471 e. The Kier molecular flexibility index (Phi) is 10.2. The number of piperazine rings is 1. The maximum atomic E-state index is 13.8. The van der Waals surface area contributed by atoms with Crippen LogP contribution in [0.5, 0.6) is 0 Å². The third-order valence-corrected chi connectivity index (χ3v) is 8.05. The van der Waals surface area contributed by atoms with E-state index in [9.17, 15) is 81.5 Å². The molecule has 0 saturated carbocycles. The fourth-order valence-corrected chi connectivity index (χ4v) is 6.07. The van der Waals surface area contributed by atoms with Crippen molar-refractivity contribution in [2.24, 2.45) is 0 Å². The molecule has 3 saturated heterocycles. The van der Waals surface area contributed by atoms with Gasteiger partial charge in [0.2, 0.25) is 0 Å².